The molecule has 100 valence electrons. The fraction of sp³-hybridized carbons (Fsp3) is 0.286. The first-order valence-electron chi connectivity index (χ1n) is 6.00. The van der Waals surface area contributed by atoms with Crippen LogP contribution in [0.3, 0.4) is 0 Å². The third-order valence-electron chi connectivity index (χ3n) is 2.85. The van der Waals surface area contributed by atoms with E-state index in [1.54, 1.807) is 18.2 Å². The van der Waals surface area contributed by atoms with E-state index in [4.69, 9.17) is 17.3 Å². The van der Waals surface area contributed by atoms with E-state index in [1.165, 1.54) is 0 Å². The van der Waals surface area contributed by atoms with Crippen LogP contribution in [0.5, 0.6) is 0 Å². The summed E-state index contributed by atoms with van der Waals surface area (Å²) in [6, 6.07) is 7.11. The van der Waals surface area contributed by atoms with Gasteiger partial charge in [0.25, 0.3) is 0 Å². The van der Waals surface area contributed by atoms with E-state index < -0.39 is 6.10 Å². The van der Waals surface area contributed by atoms with Crippen LogP contribution >= 0.6 is 11.6 Å². The number of para-hydroxylation sites is 1. The number of hydrogen-bond acceptors (Lipinski definition) is 4. The maximum Gasteiger partial charge on any atom is 0.131 e. The molecule has 1 heterocycles. The molecule has 1 unspecified atom stereocenters. The molecule has 0 fully saturated rings. The van der Waals surface area contributed by atoms with Gasteiger partial charge < -0.3 is 10.8 Å². The van der Waals surface area contributed by atoms with Crippen LogP contribution in [0.25, 0.3) is 0 Å². The van der Waals surface area contributed by atoms with Gasteiger partial charge in [-0.05, 0) is 26.0 Å². The van der Waals surface area contributed by atoms with Gasteiger partial charge in [0.05, 0.1) is 16.8 Å². The van der Waals surface area contributed by atoms with Crippen molar-refractivity contribution >= 4 is 17.3 Å². The number of rotatable bonds is 3. The van der Waals surface area contributed by atoms with Crippen LogP contribution in [0.2, 0.25) is 5.02 Å². The zero-order chi connectivity index (χ0) is 14.0. The van der Waals surface area contributed by atoms with E-state index in [9.17, 15) is 5.11 Å². The van der Waals surface area contributed by atoms with E-state index in [0.717, 1.165) is 11.4 Å². The van der Waals surface area contributed by atoms with E-state index in [2.05, 4.69) is 9.97 Å². The lowest BCUT2D eigenvalue weighted by atomic mass is 10.0. The Balaban J connectivity index is 2.25. The average molecular weight is 278 g/mol. The van der Waals surface area contributed by atoms with Crippen LogP contribution in [0.4, 0.5) is 5.69 Å². The summed E-state index contributed by atoms with van der Waals surface area (Å²) in [6.45, 7) is 3.80. The van der Waals surface area contributed by atoms with Crippen molar-refractivity contribution in [1.29, 1.82) is 0 Å². The lowest BCUT2D eigenvalue weighted by Gasteiger charge is -2.14. The fourth-order valence-electron chi connectivity index (χ4n) is 2.02. The molecule has 0 saturated carbocycles. The van der Waals surface area contributed by atoms with Gasteiger partial charge in [0.15, 0.2) is 0 Å². The number of anilines is 1. The number of hydrogen-bond donors (Lipinski definition) is 2. The molecule has 3 N–H and O–H groups in total. The minimum absolute atomic E-state index is 0.313. The van der Waals surface area contributed by atoms with Gasteiger partial charge in [-0.25, -0.2) is 9.97 Å². The molecule has 0 amide bonds. The van der Waals surface area contributed by atoms with Gasteiger partial charge in [0.2, 0.25) is 0 Å². The second kappa shape index (κ2) is 5.55. The monoisotopic (exact) mass is 277 g/mol. The molecular weight excluding hydrogens is 262 g/mol. The standard InChI is InChI=1S/C14H16ClN3O/c1-8-6-9(2)18-13(17-8)7-12(19)10-4-3-5-11(15)14(10)16/h3-6,12,19H,7,16H2,1-2H3. The van der Waals surface area contributed by atoms with Crippen molar-refractivity contribution in [2.45, 2.75) is 26.4 Å². The summed E-state index contributed by atoms with van der Waals surface area (Å²) < 4.78 is 0. The van der Waals surface area contributed by atoms with Crippen molar-refractivity contribution in [3.63, 3.8) is 0 Å². The first-order valence-corrected chi connectivity index (χ1v) is 6.38. The van der Waals surface area contributed by atoms with Gasteiger partial charge in [0, 0.05) is 23.4 Å². The van der Waals surface area contributed by atoms with Crippen LogP contribution < -0.4 is 5.73 Å². The topological polar surface area (TPSA) is 72.0 Å². The zero-order valence-corrected chi connectivity index (χ0v) is 11.6. The highest BCUT2D eigenvalue weighted by atomic mass is 35.5. The van der Waals surface area contributed by atoms with Gasteiger partial charge in [-0.2, -0.15) is 0 Å². The van der Waals surface area contributed by atoms with E-state index in [0.29, 0.717) is 28.5 Å². The molecule has 0 spiro atoms. The number of aliphatic hydroxyl groups is 1. The largest absolute Gasteiger partial charge is 0.397 e. The summed E-state index contributed by atoms with van der Waals surface area (Å²) in [5.41, 5.74) is 8.64. The Morgan fingerprint density at radius 2 is 1.89 bits per heavy atom. The third-order valence-corrected chi connectivity index (χ3v) is 3.18. The maximum absolute atomic E-state index is 10.2. The molecule has 0 saturated heterocycles. The minimum Gasteiger partial charge on any atom is -0.397 e. The van der Waals surface area contributed by atoms with Crippen molar-refractivity contribution in [3.05, 3.63) is 52.1 Å². The molecule has 2 aromatic rings. The highest BCUT2D eigenvalue weighted by molar-refractivity contribution is 6.33. The number of aryl methyl sites for hydroxylation is 2. The van der Waals surface area contributed by atoms with Crippen molar-refractivity contribution < 1.29 is 5.11 Å². The maximum atomic E-state index is 10.2. The Morgan fingerprint density at radius 1 is 1.26 bits per heavy atom. The number of halogens is 1. The number of nitrogens with two attached hydrogens (primary N) is 1. The average Bonchev–Trinajstić information content (AvgIpc) is 2.31. The molecule has 0 aliphatic rings. The van der Waals surface area contributed by atoms with Crippen LogP contribution in [-0.4, -0.2) is 15.1 Å². The van der Waals surface area contributed by atoms with Gasteiger partial charge in [-0.3, -0.25) is 0 Å². The molecule has 1 aromatic carbocycles. The summed E-state index contributed by atoms with van der Waals surface area (Å²) in [5.74, 6) is 0.601. The van der Waals surface area contributed by atoms with Crippen molar-refractivity contribution in [2.75, 3.05) is 5.73 Å². The molecule has 0 aliphatic carbocycles. The van der Waals surface area contributed by atoms with Crippen molar-refractivity contribution in [3.8, 4) is 0 Å². The second-order valence-electron chi connectivity index (χ2n) is 4.53. The normalized spacial score (nSPS) is 12.4. The van der Waals surface area contributed by atoms with Crippen LogP contribution in [0, 0.1) is 13.8 Å². The molecule has 0 radical (unpaired) electrons. The number of aliphatic hydroxyl groups excluding tert-OH is 1. The highest BCUT2D eigenvalue weighted by Crippen LogP contribution is 2.28. The molecule has 5 heteroatoms. The van der Waals surface area contributed by atoms with Gasteiger partial charge in [0.1, 0.15) is 5.82 Å². The third kappa shape index (κ3) is 3.22. The number of aromatic nitrogens is 2. The summed E-state index contributed by atoms with van der Waals surface area (Å²) >= 11 is 5.94. The number of nitrogens with zero attached hydrogens (tertiary/aromatic N) is 2. The molecule has 1 atom stereocenters. The molecule has 19 heavy (non-hydrogen) atoms. The van der Waals surface area contributed by atoms with Gasteiger partial charge in [-0.15, -0.1) is 0 Å². The van der Waals surface area contributed by atoms with Crippen molar-refractivity contribution in [1.82, 2.24) is 9.97 Å². The summed E-state index contributed by atoms with van der Waals surface area (Å²) in [7, 11) is 0. The smallest absolute Gasteiger partial charge is 0.131 e. The number of benzene rings is 1. The fourth-order valence-corrected chi connectivity index (χ4v) is 2.20. The summed E-state index contributed by atoms with van der Waals surface area (Å²) in [6.07, 6.45) is -0.451. The first-order chi connectivity index (χ1) is 8.97. The first kappa shape index (κ1) is 13.8. The predicted octanol–water partition coefficient (Wildman–Crippen LogP) is 2.61. The minimum atomic E-state index is -0.764. The van der Waals surface area contributed by atoms with Crippen LogP contribution in [0.15, 0.2) is 24.3 Å². The highest BCUT2D eigenvalue weighted by Gasteiger charge is 2.15. The Hall–Kier alpha value is -1.65. The van der Waals surface area contributed by atoms with Gasteiger partial charge >= 0.3 is 0 Å². The Kier molecular flexibility index (Phi) is 4.02. The Bertz CT molecular complexity index is 581. The number of nitrogen functional groups attached to an aromatic ring is 1. The lowest BCUT2D eigenvalue weighted by Crippen LogP contribution is -2.09. The molecule has 4 nitrogen and oxygen atoms in total. The Labute approximate surface area is 117 Å². The molecule has 2 rings (SSSR count). The summed E-state index contributed by atoms with van der Waals surface area (Å²) in [5, 5.41) is 10.7. The molecular formula is C14H16ClN3O. The van der Waals surface area contributed by atoms with Crippen LogP contribution in [-0.2, 0) is 6.42 Å². The predicted molar refractivity (Wildman–Crippen MR) is 76.0 cm³/mol. The summed E-state index contributed by atoms with van der Waals surface area (Å²) in [4.78, 5) is 8.61. The lowest BCUT2D eigenvalue weighted by molar-refractivity contribution is 0.176. The van der Waals surface area contributed by atoms with Gasteiger partial charge in [-0.1, -0.05) is 23.7 Å². The van der Waals surface area contributed by atoms with E-state index >= 15 is 0 Å². The SMILES string of the molecule is Cc1cc(C)nc(CC(O)c2cccc(Cl)c2N)n1. The zero-order valence-electron chi connectivity index (χ0n) is 10.9. The van der Waals surface area contributed by atoms with E-state index in [-0.39, 0.29) is 0 Å². The molecule has 1 aromatic heterocycles. The van der Waals surface area contributed by atoms with Crippen molar-refractivity contribution in [2.24, 2.45) is 0 Å². The molecule has 0 aliphatic heterocycles. The van der Waals surface area contributed by atoms with E-state index in [1.807, 2.05) is 19.9 Å². The molecule has 0 bridgehead atoms. The Morgan fingerprint density at radius 3 is 2.53 bits per heavy atom. The second-order valence-corrected chi connectivity index (χ2v) is 4.94. The van der Waals surface area contributed by atoms with Crippen LogP contribution in [0.1, 0.15) is 28.9 Å². The quantitative estimate of drug-likeness (QED) is 0.846.